The van der Waals surface area contributed by atoms with Crippen LogP contribution < -0.4 is 10.9 Å². The van der Waals surface area contributed by atoms with Gasteiger partial charge < -0.3 is 4.42 Å². The number of halogens is 1. The van der Waals surface area contributed by atoms with E-state index in [1.165, 1.54) is 12.3 Å². The predicted molar refractivity (Wildman–Crippen MR) is 65.6 cm³/mol. The van der Waals surface area contributed by atoms with Gasteiger partial charge in [-0.25, -0.2) is 0 Å². The highest BCUT2D eigenvalue weighted by molar-refractivity contribution is 9.10. The molecule has 0 fully saturated rings. The zero-order valence-corrected chi connectivity index (χ0v) is 10.6. The fraction of sp³-hybridized carbons (Fsp3) is 0. The molecule has 0 atom stereocenters. The second-order valence-electron chi connectivity index (χ2n) is 3.25. The maximum absolute atomic E-state index is 11.6. The number of hydrogen-bond acceptors (Lipinski definition) is 4. The number of hydrogen-bond donors (Lipinski definition) is 2. The molecule has 2 heterocycles. The molecule has 2 N–H and O–H groups in total. The third-order valence-electron chi connectivity index (χ3n) is 2.01. The van der Waals surface area contributed by atoms with E-state index >= 15 is 0 Å². The SMILES string of the molecule is O=C(NNC(=O)c1ccc(Br)o1)c1cccnc1. The predicted octanol–water partition coefficient (Wildman–Crippen LogP) is 1.51. The Morgan fingerprint density at radius 2 is 1.94 bits per heavy atom. The Morgan fingerprint density at radius 1 is 1.17 bits per heavy atom. The van der Waals surface area contributed by atoms with E-state index in [9.17, 15) is 9.59 Å². The van der Waals surface area contributed by atoms with Gasteiger partial charge in [0.15, 0.2) is 10.4 Å². The Hall–Kier alpha value is -2.15. The summed E-state index contributed by atoms with van der Waals surface area (Å²) < 4.78 is 5.46. The number of aromatic nitrogens is 1. The molecular weight excluding hydrogens is 302 g/mol. The van der Waals surface area contributed by atoms with Crippen LogP contribution in [0.3, 0.4) is 0 Å². The van der Waals surface area contributed by atoms with E-state index in [1.807, 2.05) is 0 Å². The van der Waals surface area contributed by atoms with Gasteiger partial charge in [-0.1, -0.05) is 0 Å². The van der Waals surface area contributed by atoms with Crippen molar-refractivity contribution in [3.63, 3.8) is 0 Å². The first-order chi connectivity index (χ1) is 8.66. The molecule has 0 radical (unpaired) electrons. The summed E-state index contributed by atoms with van der Waals surface area (Å²) in [6.07, 6.45) is 2.95. The van der Waals surface area contributed by atoms with E-state index in [-0.39, 0.29) is 5.76 Å². The molecule has 0 spiro atoms. The Balaban J connectivity index is 1.92. The number of nitrogens with one attached hydrogen (secondary N) is 2. The Kier molecular flexibility index (Phi) is 3.73. The minimum Gasteiger partial charge on any atom is -0.444 e. The molecule has 0 aliphatic rings. The van der Waals surface area contributed by atoms with Crippen LogP contribution in [0.25, 0.3) is 0 Å². The number of amides is 2. The van der Waals surface area contributed by atoms with Crippen LogP contribution in [0.2, 0.25) is 0 Å². The fourth-order valence-electron chi connectivity index (χ4n) is 1.18. The summed E-state index contributed by atoms with van der Waals surface area (Å²) in [5.41, 5.74) is 4.83. The number of hydrazine groups is 1. The molecular formula is C11H8BrN3O3. The van der Waals surface area contributed by atoms with Gasteiger partial charge in [0.2, 0.25) is 0 Å². The smallest absolute Gasteiger partial charge is 0.305 e. The Bertz CT molecular complexity index is 568. The minimum absolute atomic E-state index is 0.0911. The first-order valence-corrected chi connectivity index (χ1v) is 5.72. The van der Waals surface area contributed by atoms with E-state index < -0.39 is 11.8 Å². The van der Waals surface area contributed by atoms with E-state index in [0.717, 1.165) is 0 Å². The normalized spacial score (nSPS) is 9.83. The number of rotatable bonds is 2. The van der Waals surface area contributed by atoms with Crippen molar-refractivity contribution in [1.29, 1.82) is 0 Å². The molecule has 6 nitrogen and oxygen atoms in total. The van der Waals surface area contributed by atoms with Crippen LogP contribution in [0.1, 0.15) is 20.9 Å². The van der Waals surface area contributed by atoms with Crippen molar-refractivity contribution in [2.75, 3.05) is 0 Å². The third-order valence-corrected chi connectivity index (χ3v) is 2.44. The average Bonchev–Trinajstić information content (AvgIpc) is 2.83. The van der Waals surface area contributed by atoms with Crippen molar-refractivity contribution in [2.45, 2.75) is 0 Å². The molecule has 0 aliphatic carbocycles. The van der Waals surface area contributed by atoms with Crippen LogP contribution in [0.15, 0.2) is 45.7 Å². The van der Waals surface area contributed by atoms with Gasteiger partial charge in [-0.2, -0.15) is 0 Å². The molecule has 0 aromatic carbocycles. The average molecular weight is 310 g/mol. The van der Waals surface area contributed by atoms with E-state index in [4.69, 9.17) is 4.42 Å². The molecule has 2 aromatic rings. The van der Waals surface area contributed by atoms with Crippen molar-refractivity contribution in [3.05, 3.63) is 52.7 Å². The number of nitrogens with zero attached hydrogens (tertiary/aromatic N) is 1. The molecule has 0 aliphatic heterocycles. The minimum atomic E-state index is -0.544. The van der Waals surface area contributed by atoms with Gasteiger partial charge in [-0.15, -0.1) is 0 Å². The summed E-state index contributed by atoms with van der Waals surface area (Å²) in [7, 11) is 0. The third kappa shape index (κ3) is 2.95. The molecule has 0 unspecified atom stereocenters. The van der Waals surface area contributed by atoms with Gasteiger partial charge in [-0.05, 0) is 40.2 Å². The fourth-order valence-corrected chi connectivity index (χ4v) is 1.49. The number of pyridine rings is 1. The quantitative estimate of drug-likeness (QED) is 0.824. The highest BCUT2D eigenvalue weighted by Crippen LogP contribution is 2.13. The highest BCUT2D eigenvalue weighted by atomic mass is 79.9. The molecule has 2 aromatic heterocycles. The number of furan rings is 1. The second kappa shape index (κ2) is 5.46. The summed E-state index contributed by atoms with van der Waals surface area (Å²) in [5.74, 6) is -0.909. The Labute approximate surface area is 110 Å². The summed E-state index contributed by atoms with van der Waals surface area (Å²) >= 11 is 3.07. The van der Waals surface area contributed by atoms with E-state index in [2.05, 4.69) is 31.8 Å². The molecule has 0 saturated heterocycles. The topological polar surface area (TPSA) is 84.2 Å². The largest absolute Gasteiger partial charge is 0.444 e. The van der Waals surface area contributed by atoms with Crippen molar-refractivity contribution in [3.8, 4) is 0 Å². The van der Waals surface area contributed by atoms with Crippen LogP contribution in [-0.4, -0.2) is 16.8 Å². The zero-order chi connectivity index (χ0) is 13.0. The van der Waals surface area contributed by atoms with Gasteiger partial charge in [0.25, 0.3) is 5.91 Å². The first-order valence-electron chi connectivity index (χ1n) is 4.93. The monoisotopic (exact) mass is 309 g/mol. The van der Waals surface area contributed by atoms with Gasteiger partial charge in [0.05, 0.1) is 5.56 Å². The van der Waals surface area contributed by atoms with Gasteiger partial charge in [-0.3, -0.25) is 25.4 Å². The van der Waals surface area contributed by atoms with Crippen LogP contribution >= 0.6 is 15.9 Å². The van der Waals surface area contributed by atoms with Gasteiger partial charge in [0, 0.05) is 12.4 Å². The molecule has 2 amide bonds. The van der Waals surface area contributed by atoms with Crippen LogP contribution in [0, 0.1) is 0 Å². The van der Waals surface area contributed by atoms with Gasteiger partial charge >= 0.3 is 5.91 Å². The van der Waals surface area contributed by atoms with E-state index in [0.29, 0.717) is 10.2 Å². The van der Waals surface area contributed by atoms with Crippen LogP contribution in [-0.2, 0) is 0 Å². The Morgan fingerprint density at radius 3 is 2.56 bits per heavy atom. The maximum Gasteiger partial charge on any atom is 0.305 e. The molecule has 0 bridgehead atoms. The molecule has 7 heteroatoms. The van der Waals surface area contributed by atoms with Crippen molar-refractivity contribution >= 4 is 27.7 Å². The van der Waals surface area contributed by atoms with Crippen LogP contribution in [0.5, 0.6) is 0 Å². The summed E-state index contributed by atoms with van der Waals surface area (Å²) in [6, 6.07) is 6.27. The summed E-state index contributed by atoms with van der Waals surface area (Å²) in [4.78, 5) is 26.9. The summed E-state index contributed by atoms with van der Waals surface area (Å²) in [5, 5.41) is 0. The van der Waals surface area contributed by atoms with Crippen molar-refractivity contribution in [2.24, 2.45) is 0 Å². The highest BCUT2D eigenvalue weighted by Gasteiger charge is 2.12. The molecule has 92 valence electrons. The first kappa shape index (κ1) is 12.3. The standard InChI is InChI=1S/C11H8BrN3O3/c12-9-4-3-8(18-9)11(17)15-14-10(16)7-2-1-5-13-6-7/h1-6H,(H,14,16)(H,15,17). The lowest BCUT2D eigenvalue weighted by atomic mass is 10.3. The summed E-state index contributed by atoms with van der Waals surface area (Å²) in [6.45, 7) is 0. The van der Waals surface area contributed by atoms with Crippen molar-refractivity contribution in [1.82, 2.24) is 15.8 Å². The molecule has 2 rings (SSSR count). The number of carbonyl (C=O) groups excluding carboxylic acids is 2. The lowest BCUT2D eigenvalue weighted by Crippen LogP contribution is -2.41. The second-order valence-corrected chi connectivity index (χ2v) is 4.04. The molecule has 0 saturated carbocycles. The van der Waals surface area contributed by atoms with Crippen molar-refractivity contribution < 1.29 is 14.0 Å². The molecule has 18 heavy (non-hydrogen) atoms. The van der Waals surface area contributed by atoms with Crippen LogP contribution in [0.4, 0.5) is 0 Å². The lowest BCUT2D eigenvalue weighted by Gasteiger charge is -2.05. The lowest BCUT2D eigenvalue weighted by molar-refractivity contribution is 0.0830. The maximum atomic E-state index is 11.6. The number of carbonyl (C=O) groups is 2. The van der Waals surface area contributed by atoms with Gasteiger partial charge in [0.1, 0.15) is 0 Å². The zero-order valence-electron chi connectivity index (χ0n) is 9.01. The van der Waals surface area contributed by atoms with E-state index in [1.54, 1.807) is 24.4 Å².